The Morgan fingerprint density at radius 1 is 0.963 bits per heavy atom. The van der Waals surface area contributed by atoms with Crippen molar-refractivity contribution in [2.45, 2.75) is 13.5 Å². The van der Waals surface area contributed by atoms with E-state index in [4.69, 9.17) is 0 Å². The number of hydrogen-bond donors (Lipinski definition) is 3. The van der Waals surface area contributed by atoms with Crippen LogP contribution in [0.5, 0.6) is 0 Å². The number of aromatic carboxylic acids is 1. The molecule has 0 aliphatic carbocycles. The van der Waals surface area contributed by atoms with Gasteiger partial charge < -0.3 is 15.2 Å². The average Bonchev–Trinajstić information content (AvgIpc) is 3.07. The Morgan fingerprint density at radius 2 is 1.67 bits per heavy atom. The molecule has 0 unspecified atom stereocenters. The van der Waals surface area contributed by atoms with Crippen LogP contribution in [0.2, 0.25) is 0 Å². The number of aromatic nitrogens is 2. The molecule has 27 heavy (non-hydrogen) atoms. The maximum atomic E-state index is 11.6. The van der Waals surface area contributed by atoms with Crippen LogP contribution in [-0.2, 0) is 6.61 Å². The molecular weight excluding hydrogens is 340 g/mol. The first kappa shape index (κ1) is 17.0. The van der Waals surface area contributed by atoms with Gasteiger partial charge in [-0.15, -0.1) is 0 Å². The van der Waals surface area contributed by atoms with Crippen LogP contribution in [0.3, 0.4) is 0 Å². The fourth-order valence-electron chi connectivity index (χ4n) is 3.27. The molecular formula is C22H18N2O3. The van der Waals surface area contributed by atoms with Gasteiger partial charge in [0, 0.05) is 0 Å². The number of nitrogens with one attached hydrogen (secondary N) is 1. The van der Waals surface area contributed by atoms with Gasteiger partial charge in [-0.25, -0.2) is 9.78 Å². The van der Waals surface area contributed by atoms with Crippen LogP contribution in [0.4, 0.5) is 0 Å². The number of aromatic amines is 1. The van der Waals surface area contributed by atoms with Gasteiger partial charge >= 0.3 is 5.97 Å². The number of aliphatic hydroxyl groups excluding tert-OH is 1. The summed E-state index contributed by atoms with van der Waals surface area (Å²) in [5.41, 5.74) is 6.04. The van der Waals surface area contributed by atoms with E-state index in [0.29, 0.717) is 16.9 Å². The molecule has 3 N–H and O–H groups in total. The van der Waals surface area contributed by atoms with E-state index in [9.17, 15) is 15.0 Å². The number of carboxylic acids is 1. The lowest BCUT2D eigenvalue weighted by atomic mass is 9.98. The summed E-state index contributed by atoms with van der Waals surface area (Å²) in [6.07, 6.45) is 0. The van der Waals surface area contributed by atoms with E-state index in [2.05, 4.69) is 9.97 Å². The minimum Gasteiger partial charge on any atom is -0.478 e. The van der Waals surface area contributed by atoms with Gasteiger partial charge in [-0.1, -0.05) is 42.5 Å². The molecule has 0 amide bonds. The van der Waals surface area contributed by atoms with E-state index in [-0.39, 0.29) is 12.2 Å². The number of imidazole rings is 1. The van der Waals surface area contributed by atoms with E-state index in [1.165, 1.54) is 0 Å². The van der Waals surface area contributed by atoms with Gasteiger partial charge in [0.2, 0.25) is 0 Å². The summed E-state index contributed by atoms with van der Waals surface area (Å²) in [6, 6.07) is 19.3. The molecule has 0 aliphatic heterocycles. The Balaban J connectivity index is 1.76. The van der Waals surface area contributed by atoms with Crippen LogP contribution in [0, 0.1) is 6.92 Å². The summed E-state index contributed by atoms with van der Waals surface area (Å²) in [5, 5.41) is 18.8. The predicted octanol–water partition coefficient (Wildman–Crippen LogP) is 4.40. The average molecular weight is 358 g/mol. The summed E-state index contributed by atoms with van der Waals surface area (Å²) in [4.78, 5) is 19.0. The number of aryl methyl sites for hydroxylation is 1. The van der Waals surface area contributed by atoms with Gasteiger partial charge in [-0.3, -0.25) is 0 Å². The smallest absolute Gasteiger partial charge is 0.337 e. The van der Waals surface area contributed by atoms with Gasteiger partial charge in [0.25, 0.3) is 0 Å². The SMILES string of the molecule is Cc1nc2c(C(=O)O)cc(-c3ccc(-c4cccc(CO)c4)cc3)cc2[nH]1. The van der Waals surface area contributed by atoms with Crippen LogP contribution < -0.4 is 0 Å². The second kappa shape index (κ2) is 6.70. The summed E-state index contributed by atoms with van der Waals surface area (Å²) in [5.74, 6) is -0.311. The molecule has 1 aromatic heterocycles. The number of fused-ring (bicyclic) bond motifs is 1. The van der Waals surface area contributed by atoms with Crippen molar-refractivity contribution in [2.75, 3.05) is 0 Å². The zero-order valence-corrected chi connectivity index (χ0v) is 14.7. The van der Waals surface area contributed by atoms with Gasteiger partial charge in [0.15, 0.2) is 0 Å². The summed E-state index contributed by atoms with van der Waals surface area (Å²) in [6.45, 7) is 1.81. The molecule has 0 atom stereocenters. The van der Waals surface area contributed by atoms with E-state index in [1.54, 1.807) is 13.0 Å². The molecule has 5 nitrogen and oxygen atoms in total. The van der Waals surface area contributed by atoms with E-state index in [0.717, 1.165) is 27.8 Å². The lowest BCUT2D eigenvalue weighted by Gasteiger charge is -2.08. The number of rotatable bonds is 4. The molecule has 5 heteroatoms. The zero-order chi connectivity index (χ0) is 19.0. The van der Waals surface area contributed by atoms with Crippen molar-refractivity contribution in [1.29, 1.82) is 0 Å². The molecule has 4 aromatic rings. The molecule has 0 saturated heterocycles. The van der Waals surface area contributed by atoms with Crippen LogP contribution in [0.1, 0.15) is 21.7 Å². The summed E-state index contributed by atoms with van der Waals surface area (Å²) < 4.78 is 0. The van der Waals surface area contributed by atoms with E-state index < -0.39 is 5.97 Å². The van der Waals surface area contributed by atoms with Crippen molar-refractivity contribution in [2.24, 2.45) is 0 Å². The molecule has 0 saturated carbocycles. The number of nitrogens with zero attached hydrogens (tertiary/aromatic N) is 1. The molecule has 0 bridgehead atoms. The Morgan fingerprint density at radius 3 is 2.33 bits per heavy atom. The number of hydrogen-bond acceptors (Lipinski definition) is 3. The third-order valence-electron chi connectivity index (χ3n) is 4.60. The molecule has 0 radical (unpaired) electrons. The highest BCUT2D eigenvalue weighted by atomic mass is 16.4. The van der Waals surface area contributed by atoms with Crippen molar-refractivity contribution < 1.29 is 15.0 Å². The molecule has 1 heterocycles. The van der Waals surface area contributed by atoms with Crippen LogP contribution in [0.15, 0.2) is 60.7 Å². The van der Waals surface area contributed by atoms with Crippen molar-refractivity contribution >= 4 is 17.0 Å². The number of benzene rings is 3. The Bertz CT molecular complexity index is 1140. The molecule has 0 spiro atoms. The highest BCUT2D eigenvalue weighted by molar-refractivity contribution is 6.03. The third kappa shape index (κ3) is 3.20. The standard InChI is InChI=1S/C22H18N2O3/c1-13-23-20-11-18(10-19(22(26)27)21(20)24-13)16-7-5-15(6-8-16)17-4-2-3-14(9-17)12-25/h2-11,25H,12H2,1H3,(H,23,24)(H,26,27). The van der Waals surface area contributed by atoms with Crippen LogP contribution in [-0.4, -0.2) is 26.2 Å². The highest BCUT2D eigenvalue weighted by Crippen LogP contribution is 2.29. The Labute approximate surface area is 156 Å². The lowest BCUT2D eigenvalue weighted by molar-refractivity contribution is 0.0699. The highest BCUT2D eigenvalue weighted by Gasteiger charge is 2.14. The largest absolute Gasteiger partial charge is 0.478 e. The van der Waals surface area contributed by atoms with Gasteiger partial charge in [0.1, 0.15) is 11.3 Å². The molecule has 4 rings (SSSR count). The van der Waals surface area contributed by atoms with Crippen molar-refractivity contribution in [1.82, 2.24) is 9.97 Å². The minimum absolute atomic E-state index is 0.00744. The predicted molar refractivity (Wildman–Crippen MR) is 105 cm³/mol. The van der Waals surface area contributed by atoms with Crippen LogP contribution >= 0.6 is 0 Å². The monoisotopic (exact) mass is 358 g/mol. The number of carboxylic acid groups (broad SMARTS) is 1. The van der Waals surface area contributed by atoms with Gasteiger partial charge in [-0.2, -0.15) is 0 Å². The topological polar surface area (TPSA) is 86.2 Å². The maximum absolute atomic E-state index is 11.6. The van der Waals surface area contributed by atoms with E-state index >= 15 is 0 Å². The number of H-pyrrole nitrogens is 1. The van der Waals surface area contributed by atoms with Gasteiger partial charge in [0.05, 0.1) is 17.7 Å². The molecule has 0 aliphatic rings. The Kier molecular flexibility index (Phi) is 4.22. The van der Waals surface area contributed by atoms with Gasteiger partial charge in [-0.05, 0) is 52.9 Å². The second-order valence-corrected chi connectivity index (χ2v) is 6.48. The zero-order valence-electron chi connectivity index (χ0n) is 14.7. The molecule has 0 fully saturated rings. The fourth-order valence-corrected chi connectivity index (χ4v) is 3.27. The minimum atomic E-state index is -0.995. The summed E-state index contributed by atoms with van der Waals surface area (Å²) >= 11 is 0. The Hall–Kier alpha value is -3.44. The fraction of sp³-hybridized carbons (Fsp3) is 0.0909. The summed E-state index contributed by atoms with van der Waals surface area (Å²) in [7, 11) is 0. The number of aliphatic hydroxyl groups is 1. The van der Waals surface area contributed by atoms with Crippen molar-refractivity contribution in [3.63, 3.8) is 0 Å². The lowest BCUT2D eigenvalue weighted by Crippen LogP contribution is -1.98. The van der Waals surface area contributed by atoms with Crippen molar-refractivity contribution in [3.8, 4) is 22.3 Å². The van der Waals surface area contributed by atoms with Crippen LogP contribution in [0.25, 0.3) is 33.3 Å². The van der Waals surface area contributed by atoms with E-state index in [1.807, 2.05) is 54.6 Å². The maximum Gasteiger partial charge on any atom is 0.337 e. The first-order valence-electron chi connectivity index (χ1n) is 8.59. The quantitative estimate of drug-likeness (QED) is 0.505. The van der Waals surface area contributed by atoms with Crippen molar-refractivity contribution in [3.05, 3.63) is 77.6 Å². The molecule has 3 aromatic carbocycles. The molecule has 134 valence electrons. The second-order valence-electron chi connectivity index (χ2n) is 6.48. The first-order chi connectivity index (χ1) is 13.0. The third-order valence-corrected chi connectivity index (χ3v) is 4.60. The number of carbonyl (C=O) groups is 1. The normalized spacial score (nSPS) is 11.0. The first-order valence-corrected chi connectivity index (χ1v) is 8.59.